The van der Waals surface area contributed by atoms with Crippen molar-refractivity contribution < 1.29 is 14.6 Å². The largest absolute Gasteiger partial charge is 0.496 e. The third kappa shape index (κ3) is 3.07. The minimum atomic E-state index is -0.753. The number of H-pyrrole nitrogens is 1. The number of aliphatic hydroxyl groups is 1. The highest BCUT2D eigenvalue weighted by molar-refractivity contribution is 6.08. The van der Waals surface area contributed by atoms with Crippen LogP contribution in [0.4, 0.5) is 0 Å². The number of nitrogens with one attached hydrogen (secondary N) is 2. The number of rotatable bonds is 5. The van der Waals surface area contributed by atoms with E-state index in [2.05, 4.69) is 20.5 Å². The smallest absolute Gasteiger partial charge is 0.252 e. The summed E-state index contributed by atoms with van der Waals surface area (Å²) < 4.78 is 5.34. The van der Waals surface area contributed by atoms with Gasteiger partial charge in [0.1, 0.15) is 17.7 Å². The van der Waals surface area contributed by atoms with Crippen LogP contribution in [0.5, 0.6) is 5.75 Å². The van der Waals surface area contributed by atoms with Gasteiger partial charge in [-0.1, -0.05) is 24.3 Å². The van der Waals surface area contributed by atoms with Crippen LogP contribution in [0.2, 0.25) is 0 Å². The lowest BCUT2D eigenvalue weighted by Gasteiger charge is -2.10. The van der Waals surface area contributed by atoms with Crippen LogP contribution in [0.25, 0.3) is 10.8 Å². The number of hydrogen-bond acceptors (Lipinski definition) is 5. The van der Waals surface area contributed by atoms with Gasteiger partial charge in [-0.25, -0.2) is 4.98 Å². The molecular formula is C17H18N4O3. The van der Waals surface area contributed by atoms with Crippen LogP contribution in [0.15, 0.2) is 36.4 Å². The van der Waals surface area contributed by atoms with Gasteiger partial charge in [-0.2, -0.15) is 5.10 Å². The second-order valence-electron chi connectivity index (χ2n) is 5.36. The van der Waals surface area contributed by atoms with E-state index in [0.717, 1.165) is 16.5 Å². The molecule has 0 radical (unpaired) electrons. The van der Waals surface area contributed by atoms with Crippen LogP contribution >= 0.6 is 0 Å². The molecule has 3 rings (SSSR count). The number of aromatic nitrogens is 3. The molecule has 124 valence electrons. The van der Waals surface area contributed by atoms with E-state index >= 15 is 0 Å². The molecule has 0 aliphatic carbocycles. The highest BCUT2D eigenvalue weighted by Crippen LogP contribution is 2.28. The molecule has 2 aromatic carbocycles. The summed E-state index contributed by atoms with van der Waals surface area (Å²) in [5.74, 6) is 1.29. The lowest BCUT2D eigenvalue weighted by atomic mass is 10.0. The summed E-state index contributed by atoms with van der Waals surface area (Å²) in [5.41, 5.74) is 0.557. The fraction of sp³-hybridized carbons (Fsp3) is 0.235. The number of amides is 1. The fourth-order valence-corrected chi connectivity index (χ4v) is 2.48. The Balaban J connectivity index is 1.81. The number of aromatic amines is 1. The van der Waals surface area contributed by atoms with Gasteiger partial charge >= 0.3 is 0 Å². The summed E-state index contributed by atoms with van der Waals surface area (Å²) in [5, 5.41) is 20.5. The summed E-state index contributed by atoms with van der Waals surface area (Å²) >= 11 is 0. The molecule has 0 saturated heterocycles. The SMILES string of the molecule is COc1ccc(C(=O)NCc2nc([C@@H](C)O)n[nH]2)c2ccccc12. The maximum atomic E-state index is 12.5. The zero-order chi connectivity index (χ0) is 17.1. The monoisotopic (exact) mass is 326 g/mol. The van der Waals surface area contributed by atoms with Crippen LogP contribution in [-0.2, 0) is 6.54 Å². The Hall–Kier alpha value is -2.93. The van der Waals surface area contributed by atoms with E-state index in [-0.39, 0.29) is 12.5 Å². The number of carbonyl (C=O) groups excluding carboxylic acids is 1. The number of methoxy groups -OCH3 is 1. The molecule has 0 bridgehead atoms. The molecule has 0 saturated carbocycles. The van der Waals surface area contributed by atoms with Crippen LogP contribution in [0, 0.1) is 0 Å². The standard InChI is InChI=1S/C17H18N4O3/c1-10(22)16-19-15(20-21-16)9-18-17(23)13-7-8-14(24-2)12-6-4-3-5-11(12)13/h3-8,10,22H,9H2,1-2H3,(H,18,23)(H,19,20,21)/t10-/m1/s1. The van der Waals surface area contributed by atoms with Gasteiger partial charge in [0, 0.05) is 10.9 Å². The van der Waals surface area contributed by atoms with Crippen LogP contribution < -0.4 is 10.1 Å². The van der Waals surface area contributed by atoms with Crippen molar-refractivity contribution in [2.45, 2.75) is 19.6 Å². The lowest BCUT2D eigenvalue weighted by Crippen LogP contribution is -2.23. The lowest BCUT2D eigenvalue weighted by molar-refractivity contribution is 0.0951. The van der Waals surface area contributed by atoms with Crippen LogP contribution in [-0.4, -0.2) is 33.3 Å². The number of fused-ring (bicyclic) bond motifs is 1. The van der Waals surface area contributed by atoms with Crippen molar-refractivity contribution in [1.82, 2.24) is 20.5 Å². The number of nitrogens with zero attached hydrogens (tertiary/aromatic N) is 2. The molecule has 0 fully saturated rings. The number of ether oxygens (including phenoxy) is 1. The van der Waals surface area contributed by atoms with E-state index in [0.29, 0.717) is 17.2 Å². The van der Waals surface area contributed by atoms with Crippen molar-refractivity contribution in [2.24, 2.45) is 0 Å². The molecule has 3 N–H and O–H groups in total. The second kappa shape index (κ2) is 6.67. The molecule has 7 heteroatoms. The van der Waals surface area contributed by atoms with Gasteiger partial charge in [0.15, 0.2) is 5.82 Å². The predicted octanol–water partition coefficient (Wildman–Crippen LogP) is 1.95. The van der Waals surface area contributed by atoms with E-state index in [4.69, 9.17) is 4.74 Å². The van der Waals surface area contributed by atoms with Gasteiger partial charge in [0.2, 0.25) is 0 Å². The minimum absolute atomic E-state index is 0.193. The van der Waals surface area contributed by atoms with E-state index in [1.807, 2.05) is 24.3 Å². The predicted molar refractivity (Wildman–Crippen MR) is 88.7 cm³/mol. The quantitative estimate of drug-likeness (QED) is 0.665. The van der Waals surface area contributed by atoms with Crippen LogP contribution in [0.1, 0.15) is 35.0 Å². The Labute approximate surface area is 138 Å². The second-order valence-corrected chi connectivity index (χ2v) is 5.36. The summed E-state index contributed by atoms with van der Waals surface area (Å²) in [6.45, 7) is 1.77. The fourth-order valence-electron chi connectivity index (χ4n) is 2.48. The van der Waals surface area contributed by atoms with Crippen molar-refractivity contribution >= 4 is 16.7 Å². The zero-order valence-electron chi connectivity index (χ0n) is 13.4. The highest BCUT2D eigenvalue weighted by atomic mass is 16.5. The first kappa shape index (κ1) is 15.9. The zero-order valence-corrected chi connectivity index (χ0v) is 13.4. The Morgan fingerprint density at radius 1 is 1.29 bits per heavy atom. The van der Waals surface area contributed by atoms with E-state index in [9.17, 15) is 9.90 Å². The Morgan fingerprint density at radius 2 is 2.04 bits per heavy atom. The molecule has 0 spiro atoms. The topological polar surface area (TPSA) is 100 Å². The van der Waals surface area contributed by atoms with Gasteiger partial charge in [-0.15, -0.1) is 0 Å². The van der Waals surface area contributed by atoms with Crippen molar-refractivity contribution in [1.29, 1.82) is 0 Å². The normalized spacial score (nSPS) is 12.1. The molecule has 0 unspecified atom stereocenters. The first-order valence-corrected chi connectivity index (χ1v) is 7.53. The van der Waals surface area contributed by atoms with Gasteiger partial charge in [-0.05, 0) is 24.4 Å². The van der Waals surface area contributed by atoms with Crippen molar-refractivity contribution in [3.8, 4) is 5.75 Å². The Bertz CT molecular complexity index is 873. The summed E-state index contributed by atoms with van der Waals surface area (Å²) in [4.78, 5) is 16.6. The summed E-state index contributed by atoms with van der Waals surface area (Å²) in [6, 6.07) is 11.1. The van der Waals surface area contributed by atoms with Crippen LogP contribution in [0.3, 0.4) is 0 Å². The molecule has 7 nitrogen and oxygen atoms in total. The average Bonchev–Trinajstić information content (AvgIpc) is 3.08. The third-order valence-corrected chi connectivity index (χ3v) is 3.69. The van der Waals surface area contributed by atoms with E-state index in [1.54, 1.807) is 26.2 Å². The Morgan fingerprint density at radius 3 is 2.71 bits per heavy atom. The van der Waals surface area contributed by atoms with Gasteiger partial charge in [0.25, 0.3) is 5.91 Å². The number of hydrogen-bond donors (Lipinski definition) is 3. The maximum Gasteiger partial charge on any atom is 0.252 e. The molecule has 0 aliphatic rings. The van der Waals surface area contributed by atoms with Crippen molar-refractivity contribution in [3.05, 3.63) is 53.6 Å². The molecular weight excluding hydrogens is 308 g/mol. The first-order chi connectivity index (χ1) is 11.6. The van der Waals surface area contributed by atoms with E-state index < -0.39 is 6.10 Å². The molecule has 1 heterocycles. The van der Waals surface area contributed by atoms with E-state index in [1.165, 1.54) is 0 Å². The molecule has 24 heavy (non-hydrogen) atoms. The van der Waals surface area contributed by atoms with Gasteiger partial charge in [0.05, 0.1) is 13.7 Å². The van der Waals surface area contributed by atoms with Gasteiger partial charge in [-0.3, -0.25) is 9.89 Å². The number of carbonyl (C=O) groups is 1. The summed E-state index contributed by atoms with van der Waals surface area (Å²) in [6.07, 6.45) is -0.753. The minimum Gasteiger partial charge on any atom is -0.496 e. The molecule has 3 aromatic rings. The number of aliphatic hydroxyl groups excluding tert-OH is 1. The average molecular weight is 326 g/mol. The van der Waals surface area contributed by atoms with Crippen molar-refractivity contribution in [2.75, 3.05) is 7.11 Å². The maximum absolute atomic E-state index is 12.5. The Kier molecular flexibility index (Phi) is 4.43. The van der Waals surface area contributed by atoms with Crippen molar-refractivity contribution in [3.63, 3.8) is 0 Å². The molecule has 0 aliphatic heterocycles. The molecule has 1 aromatic heterocycles. The number of benzene rings is 2. The first-order valence-electron chi connectivity index (χ1n) is 7.53. The third-order valence-electron chi connectivity index (χ3n) is 3.69. The molecule has 1 atom stereocenters. The highest BCUT2D eigenvalue weighted by Gasteiger charge is 2.14. The summed E-state index contributed by atoms with van der Waals surface area (Å²) in [7, 11) is 1.60. The molecule has 1 amide bonds. The van der Waals surface area contributed by atoms with Gasteiger partial charge < -0.3 is 15.2 Å².